The number of hydrogen-bond acceptors (Lipinski definition) is 3. The molecule has 0 aliphatic heterocycles. The molecule has 4 heteroatoms. The van der Waals surface area contributed by atoms with Crippen molar-refractivity contribution in [1.29, 1.82) is 0 Å². The van der Waals surface area contributed by atoms with Crippen LogP contribution in [-0.4, -0.2) is 18.3 Å². The van der Waals surface area contributed by atoms with Gasteiger partial charge in [-0.25, -0.2) is 4.39 Å². The Morgan fingerprint density at radius 2 is 2.14 bits per heavy atom. The number of hydrogen-bond donors (Lipinski definition) is 2. The predicted octanol–water partition coefficient (Wildman–Crippen LogP) is 1.21. The number of ether oxygens (including phenoxy) is 1. The van der Waals surface area contributed by atoms with Gasteiger partial charge < -0.3 is 15.6 Å². The minimum atomic E-state index is -0.706. The summed E-state index contributed by atoms with van der Waals surface area (Å²) in [5.74, 6) is -0.298. The van der Waals surface area contributed by atoms with Crippen molar-refractivity contribution in [2.24, 2.45) is 5.73 Å². The molecule has 0 heterocycles. The molecule has 0 radical (unpaired) electrons. The van der Waals surface area contributed by atoms with Gasteiger partial charge in [0.05, 0.1) is 19.3 Å². The summed E-state index contributed by atoms with van der Waals surface area (Å²) in [6, 6.07) is 3.83. The molecule has 3 N–H and O–H groups in total. The molecule has 0 fully saturated rings. The fourth-order valence-corrected chi connectivity index (χ4v) is 1.17. The summed E-state index contributed by atoms with van der Waals surface area (Å²) in [5, 5.41) is 9.21. The van der Waals surface area contributed by atoms with E-state index in [0.717, 1.165) is 0 Å². The van der Waals surface area contributed by atoms with Gasteiger partial charge in [-0.05, 0) is 24.6 Å². The van der Waals surface area contributed by atoms with E-state index < -0.39 is 18.0 Å². The van der Waals surface area contributed by atoms with Crippen LogP contribution in [0.5, 0.6) is 5.75 Å². The maximum absolute atomic E-state index is 13.2. The SMILES string of the molecule is COc1ccc([C@H](N)[C@H](C)O)cc1F. The van der Waals surface area contributed by atoms with E-state index in [-0.39, 0.29) is 5.75 Å². The van der Waals surface area contributed by atoms with Crippen LogP contribution in [0.25, 0.3) is 0 Å². The van der Waals surface area contributed by atoms with Crippen LogP contribution >= 0.6 is 0 Å². The Balaban J connectivity index is 2.96. The minimum absolute atomic E-state index is 0.173. The zero-order chi connectivity index (χ0) is 10.7. The van der Waals surface area contributed by atoms with Crippen LogP contribution in [0.3, 0.4) is 0 Å². The molecule has 0 aliphatic rings. The van der Waals surface area contributed by atoms with Gasteiger partial charge in [-0.1, -0.05) is 6.07 Å². The summed E-state index contributed by atoms with van der Waals surface area (Å²) in [5.41, 5.74) is 6.19. The molecule has 0 aliphatic carbocycles. The van der Waals surface area contributed by atoms with E-state index >= 15 is 0 Å². The van der Waals surface area contributed by atoms with E-state index in [9.17, 15) is 9.50 Å². The summed E-state index contributed by atoms with van der Waals surface area (Å²) >= 11 is 0. The van der Waals surface area contributed by atoms with Crippen molar-refractivity contribution in [2.75, 3.05) is 7.11 Å². The lowest BCUT2D eigenvalue weighted by molar-refractivity contribution is 0.164. The lowest BCUT2D eigenvalue weighted by Gasteiger charge is -2.15. The molecule has 3 nitrogen and oxygen atoms in total. The van der Waals surface area contributed by atoms with Gasteiger partial charge in [0.1, 0.15) is 0 Å². The van der Waals surface area contributed by atoms with Crippen LogP contribution in [0.15, 0.2) is 18.2 Å². The van der Waals surface area contributed by atoms with E-state index in [1.54, 1.807) is 13.0 Å². The normalized spacial score (nSPS) is 14.9. The Kier molecular flexibility index (Phi) is 3.43. The summed E-state index contributed by atoms with van der Waals surface area (Å²) in [6.07, 6.45) is -0.706. The third kappa shape index (κ3) is 2.21. The second kappa shape index (κ2) is 4.39. The topological polar surface area (TPSA) is 55.5 Å². The van der Waals surface area contributed by atoms with Gasteiger partial charge in [-0.3, -0.25) is 0 Å². The molecule has 0 bridgehead atoms. The van der Waals surface area contributed by atoms with Crippen LogP contribution in [0.4, 0.5) is 4.39 Å². The predicted molar refractivity (Wildman–Crippen MR) is 51.6 cm³/mol. The molecule has 0 saturated carbocycles. The number of aliphatic hydroxyl groups is 1. The van der Waals surface area contributed by atoms with Crippen molar-refractivity contribution in [3.8, 4) is 5.75 Å². The zero-order valence-electron chi connectivity index (χ0n) is 8.20. The maximum Gasteiger partial charge on any atom is 0.165 e. The highest BCUT2D eigenvalue weighted by molar-refractivity contribution is 5.31. The quantitative estimate of drug-likeness (QED) is 0.769. The highest BCUT2D eigenvalue weighted by atomic mass is 19.1. The molecule has 2 atom stereocenters. The summed E-state index contributed by atoms with van der Waals surface area (Å²) in [4.78, 5) is 0. The van der Waals surface area contributed by atoms with Gasteiger partial charge in [-0.15, -0.1) is 0 Å². The van der Waals surface area contributed by atoms with Crippen LogP contribution < -0.4 is 10.5 Å². The smallest absolute Gasteiger partial charge is 0.165 e. The Bertz CT molecular complexity index is 315. The highest BCUT2D eigenvalue weighted by Gasteiger charge is 2.13. The number of benzene rings is 1. The number of aliphatic hydroxyl groups excluding tert-OH is 1. The average Bonchev–Trinajstić information content (AvgIpc) is 2.16. The van der Waals surface area contributed by atoms with Gasteiger partial charge in [0.25, 0.3) is 0 Å². The Morgan fingerprint density at radius 3 is 2.57 bits per heavy atom. The third-order valence-electron chi connectivity index (χ3n) is 2.08. The third-order valence-corrected chi connectivity index (χ3v) is 2.08. The van der Waals surface area contributed by atoms with E-state index in [2.05, 4.69) is 0 Å². The summed E-state index contributed by atoms with van der Waals surface area (Å²) in [7, 11) is 1.40. The van der Waals surface area contributed by atoms with E-state index in [1.165, 1.54) is 19.2 Å². The standard InChI is InChI=1S/C10H14FNO2/c1-6(13)10(12)7-3-4-9(14-2)8(11)5-7/h3-6,10,13H,12H2,1-2H3/t6-,10+/m0/s1. The monoisotopic (exact) mass is 199 g/mol. The number of nitrogens with two attached hydrogens (primary N) is 1. The molecule has 0 spiro atoms. The number of halogens is 1. The van der Waals surface area contributed by atoms with E-state index in [4.69, 9.17) is 10.5 Å². The zero-order valence-corrected chi connectivity index (χ0v) is 8.20. The Hall–Kier alpha value is -1.13. The molecule has 1 aromatic carbocycles. The molecule has 0 unspecified atom stereocenters. The van der Waals surface area contributed by atoms with Crippen molar-refractivity contribution in [3.05, 3.63) is 29.6 Å². The molecule has 14 heavy (non-hydrogen) atoms. The summed E-state index contributed by atoms with van der Waals surface area (Å²) in [6.45, 7) is 1.56. The van der Waals surface area contributed by atoms with Gasteiger partial charge in [0, 0.05) is 0 Å². The van der Waals surface area contributed by atoms with Crippen LogP contribution in [0.2, 0.25) is 0 Å². The summed E-state index contributed by atoms with van der Waals surface area (Å²) < 4.78 is 18.0. The first-order chi connectivity index (χ1) is 6.56. The van der Waals surface area contributed by atoms with Crippen LogP contribution in [0.1, 0.15) is 18.5 Å². The van der Waals surface area contributed by atoms with Crippen LogP contribution in [0, 0.1) is 5.82 Å². The molecular formula is C10H14FNO2. The van der Waals surface area contributed by atoms with Gasteiger partial charge in [0.2, 0.25) is 0 Å². The van der Waals surface area contributed by atoms with E-state index in [0.29, 0.717) is 5.56 Å². The molecular weight excluding hydrogens is 185 g/mol. The molecule has 0 aromatic heterocycles. The first-order valence-corrected chi connectivity index (χ1v) is 4.33. The second-order valence-electron chi connectivity index (χ2n) is 3.16. The van der Waals surface area contributed by atoms with Crippen molar-refractivity contribution in [2.45, 2.75) is 19.1 Å². The highest BCUT2D eigenvalue weighted by Crippen LogP contribution is 2.22. The Morgan fingerprint density at radius 1 is 1.50 bits per heavy atom. The van der Waals surface area contributed by atoms with Gasteiger partial charge in [-0.2, -0.15) is 0 Å². The minimum Gasteiger partial charge on any atom is -0.494 e. The first-order valence-electron chi connectivity index (χ1n) is 4.33. The van der Waals surface area contributed by atoms with Crippen molar-refractivity contribution >= 4 is 0 Å². The average molecular weight is 199 g/mol. The van der Waals surface area contributed by atoms with E-state index in [1.807, 2.05) is 0 Å². The second-order valence-corrected chi connectivity index (χ2v) is 3.16. The molecule has 0 amide bonds. The van der Waals surface area contributed by atoms with Crippen molar-refractivity contribution < 1.29 is 14.2 Å². The fraction of sp³-hybridized carbons (Fsp3) is 0.400. The maximum atomic E-state index is 13.2. The first kappa shape index (κ1) is 10.9. The van der Waals surface area contributed by atoms with Crippen molar-refractivity contribution in [3.63, 3.8) is 0 Å². The molecule has 1 aromatic rings. The van der Waals surface area contributed by atoms with Gasteiger partial charge in [0.15, 0.2) is 11.6 Å². The lowest BCUT2D eigenvalue weighted by atomic mass is 10.0. The number of rotatable bonds is 3. The largest absolute Gasteiger partial charge is 0.494 e. The molecule has 78 valence electrons. The molecule has 0 saturated heterocycles. The van der Waals surface area contributed by atoms with Crippen LogP contribution in [-0.2, 0) is 0 Å². The Labute approximate surface area is 82.3 Å². The number of methoxy groups -OCH3 is 1. The molecule has 1 rings (SSSR count). The fourth-order valence-electron chi connectivity index (χ4n) is 1.17. The van der Waals surface area contributed by atoms with Crippen molar-refractivity contribution in [1.82, 2.24) is 0 Å². The van der Waals surface area contributed by atoms with Gasteiger partial charge >= 0.3 is 0 Å². The lowest BCUT2D eigenvalue weighted by Crippen LogP contribution is -2.23.